The van der Waals surface area contributed by atoms with Crippen LogP contribution in [0.5, 0.6) is 0 Å². The van der Waals surface area contributed by atoms with Gasteiger partial charge >= 0.3 is 47.8 Å². The molecule has 0 saturated carbocycles. The molecular weight excluding hydrogens is 1240 g/mol. The molecule has 0 aliphatic rings. The Kier molecular flexibility index (Phi) is 57.8. The summed E-state index contributed by atoms with van der Waals surface area (Å²) in [6.07, 6.45) is 28.4. The van der Waals surface area contributed by atoms with Gasteiger partial charge in [-0.2, -0.15) is 0 Å². The van der Waals surface area contributed by atoms with Crippen LogP contribution in [0.15, 0.2) is 0 Å². The number of rotatable bonds is 68. The highest BCUT2D eigenvalue weighted by molar-refractivity contribution is 5.72. The lowest BCUT2D eigenvalue weighted by molar-refractivity contribution is -0.178. The van der Waals surface area contributed by atoms with E-state index in [2.05, 4.69) is 55.4 Å². The van der Waals surface area contributed by atoms with Gasteiger partial charge in [-0.05, 0) is 75.0 Å². The molecule has 0 spiro atoms. The van der Waals surface area contributed by atoms with Crippen molar-refractivity contribution in [2.24, 2.45) is 39.9 Å². The maximum absolute atomic E-state index is 13.9. The van der Waals surface area contributed by atoms with E-state index in [4.69, 9.17) is 47.4 Å². The number of hydrogen-bond donors (Lipinski definition) is 0. The van der Waals surface area contributed by atoms with Crippen molar-refractivity contribution in [1.82, 2.24) is 0 Å². The van der Waals surface area contributed by atoms with Crippen LogP contribution in [0.1, 0.15) is 340 Å². The fourth-order valence-corrected chi connectivity index (χ4v) is 10.9. The van der Waals surface area contributed by atoms with Gasteiger partial charge in [0.15, 0.2) is 0 Å². The maximum Gasteiger partial charge on any atom is 0.305 e. The van der Waals surface area contributed by atoms with E-state index in [0.29, 0.717) is 75.0 Å². The zero-order chi connectivity index (χ0) is 72.3. The van der Waals surface area contributed by atoms with Gasteiger partial charge < -0.3 is 47.4 Å². The van der Waals surface area contributed by atoms with Gasteiger partial charge in [-0.1, -0.05) is 237 Å². The Morgan fingerprint density at radius 3 is 0.505 bits per heavy atom. The Labute approximate surface area is 590 Å². The average molecular weight is 1380 g/mol. The molecule has 0 N–H and O–H groups in total. The third-order valence-electron chi connectivity index (χ3n) is 17.5. The second-order valence-electron chi connectivity index (χ2n) is 30.0. The monoisotopic (exact) mass is 1380 g/mol. The van der Waals surface area contributed by atoms with E-state index in [1.807, 2.05) is 27.7 Å². The van der Waals surface area contributed by atoms with Gasteiger partial charge in [0.1, 0.15) is 52.9 Å². The van der Waals surface area contributed by atoms with E-state index in [1.165, 1.54) is 0 Å². The zero-order valence-corrected chi connectivity index (χ0v) is 63.9. The van der Waals surface area contributed by atoms with Crippen LogP contribution in [0.3, 0.4) is 0 Å². The van der Waals surface area contributed by atoms with Crippen LogP contribution in [0.2, 0.25) is 0 Å². The van der Waals surface area contributed by atoms with Gasteiger partial charge in [-0.25, -0.2) is 0 Å². The number of unbranched alkanes of at least 4 members (excludes halogenated alkanes) is 20. The Bertz CT molecular complexity index is 1960. The van der Waals surface area contributed by atoms with Crippen LogP contribution >= 0.6 is 0 Å². The molecule has 568 valence electrons. The molecule has 0 aromatic heterocycles. The van der Waals surface area contributed by atoms with Gasteiger partial charge in [0.25, 0.3) is 0 Å². The van der Waals surface area contributed by atoms with Crippen LogP contribution in [0.4, 0.5) is 0 Å². The highest BCUT2D eigenvalue weighted by Gasteiger charge is 2.43. The van der Waals surface area contributed by atoms with Crippen molar-refractivity contribution in [2.75, 3.05) is 79.3 Å². The second-order valence-corrected chi connectivity index (χ2v) is 30.0. The molecule has 0 aliphatic heterocycles. The molecule has 18 nitrogen and oxygen atoms in total. The molecule has 0 rings (SSSR count). The standard InChI is InChI=1S/C79H144O18/c1-13-17-29-45-69(80)90-57-77(58-91-73(84)49-37-25-21-33-41-65(5)6,53-88-55-78(59-92-70(81)46-30-18-14-2,60-93-71(82)47-31-19-15-3)62-95-74(85)50-38-26-22-34-42-66(7)8)54-89-56-79(61-94-72(83)48-32-20-16-4,63-96-75(86)51-39-27-23-35-43-67(9)10)64-97-76(87)52-40-28-24-36-44-68(11)12/h65-68H,13-64H2,1-12H3. The maximum atomic E-state index is 13.9. The van der Waals surface area contributed by atoms with E-state index < -0.39 is 64.0 Å². The first kappa shape index (κ1) is 92.7. The van der Waals surface area contributed by atoms with E-state index >= 15 is 0 Å². The van der Waals surface area contributed by atoms with Crippen molar-refractivity contribution in [3.8, 4) is 0 Å². The average Bonchev–Trinajstić information content (AvgIpc) is 0.846. The van der Waals surface area contributed by atoms with Crippen LogP contribution in [-0.2, 0) is 85.7 Å². The Morgan fingerprint density at radius 1 is 0.206 bits per heavy atom. The summed E-state index contributed by atoms with van der Waals surface area (Å²) in [4.78, 5) is 109. The van der Waals surface area contributed by atoms with Crippen LogP contribution in [0, 0.1) is 39.9 Å². The van der Waals surface area contributed by atoms with Crippen molar-refractivity contribution < 1.29 is 85.7 Å². The minimum absolute atomic E-state index is 0.112. The van der Waals surface area contributed by atoms with Gasteiger partial charge in [-0.15, -0.1) is 0 Å². The van der Waals surface area contributed by atoms with E-state index in [9.17, 15) is 38.4 Å². The minimum Gasteiger partial charge on any atom is -0.465 e. The fraction of sp³-hybridized carbons (Fsp3) is 0.899. The molecule has 0 aromatic rings. The summed E-state index contributed by atoms with van der Waals surface area (Å²) >= 11 is 0. The predicted molar refractivity (Wildman–Crippen MR) is 383 cm³/mol. The van der Waals surface area contributed by atoms with Gasteiger partial charge in [0.2, 0.25) is 0 Å². The molecule has 0 aromatic carbocycles. The fourth-order valence-electron chi connectivity index (χ4n) is 10.9. The van der Waals surface area contributed by atoms with Crippen molar-refractivity contribution in [2.45, 2.75) is 340 Å². The molecule has 0 fully saturated rings. The van der Waals surface area contributed by atoms with E-state index in [-0.39, 0.29) is 131 Å². The van der Waals surface area contributed by atoms with E-state index in [1.54, 1.807) is 0 Å². The Balaban J connectivity index is 8.04. The molecule has 0 saturated heterocycles. The summed E-state index contributed by atoms with van der Waals surface area (Å²) in [5, 5.41) is 0. The normalized spacial score (nSPS) is 12.5. The van der Waals surface area contributed by atoms with Crippen molar-refractivity contribution >= 4 is 47.8 Å². The lowest BCUT2D eigenvalue weighted by Gasteiger charge is -2.37. The zero-order valence-electron chi connectivity index (χ0n) is 63.9. The first-order valence-electron chi connectivity index (χ1n) is 38.9. The number of hydrogen-bond acceptors (Lipinski definition) is 18. The summed E-state index contributed by atoms with van der Waals surface area (Å²) in [7, 11) is 0. The summed E-state index contributed by atoms with van der Waals surface area (Å²) < 4.78 is 62.1. The minimum atomic E-state index is -1.50. The smallest absolute Gasteiger partial charge is 0.305 e. The van der Waals surface area contributed by atoms with Crippen molar-refractivity contribution in [3.05, 3.63) is 0 Å². The third-order valence-corrected chi connectivity index (χ3v) is 17.5. The number of ether oxygens (including phenoxy) is 10. The van der Waals surface area contributed by atoms with Crippen molar-refractivity contribution in [1.29, 1.82) is 0 Å². The summed E-state index contributed by atoms with van der Waals surface area (Å²) in [6, 6.07) is 0. The Morgan fingerprint density at radius 2 is 0.351 bits per heavy atom. The molecule has 1 unspecified atom stereocenters. The number of esters is 8. The lowest BCUT2D eigenvalue weighted by Crippen LogP contribution is -2.48. The van der Waals surface area contributed by atoms with E-state index in [0.717, 1.165) is 154 Å². The lowest BCUT2D eigenvalue weighted by atomic mass is 9.89. The molecule has 0 bridgehead atoms. The summed E-state index contributed by atoms with van der Waals surface area (Å²) in [5.41, 5.74) is -4.40. The predicted octanol–water partition coefficient (Wildman–Crippen LogP) is 18.6. The van der Waals surface area contributed by atoms with Gasteiger partial charge in [0, 0.05) is 51.4 Å². The highest BCUT2D eigenvalue weighted by atomic mass is 16.6. The quantitative estimate of drug-likeness (QED) is 0.0313. The first-order chi connectivity index (χ1) is 46.5. The number of carbonyl (C=O) groups excluding carboxylic acids is 8. The Hall–Kier alpha value is -4.32. The molecule has 97 heavy (non-hydrogen) atoms. The molecule has 0 aliphatic carbocycles. The molecule has 0 amide bonds. The third kappa shape index (κ3) is 55.1. The molecule has 18 heteroatoms. The SMILES string of the molecule is CCCCCC(=O)OCC(COCC(COC(=O)CCCCC)(COC(=O)CCCCC)COC(=O)CCCCCCC(C)C)(COCC(COC(=O)CCCCC)(COC(=O)CCCCCCC(C)C)COC(=O)CCCCCCC(C)C)COC(=O)CCCCCCC(C)C. The summed E-state index contributed by atoms with van der Waals surface area (Å²) in [6.45, 7) is 21.5. The first-order valence-corrected chi connectivity index (χ1v) is 38.9. The highest BCUT2D eigenvalue weighted by Crippen LogP contribution is 2.30. The molecular formula is C79H144O18. The van der Waals surface area contributed by atoms with Gasteiger partial charge in [0.05, 0.1) is 42.7 Å². The summed E-state index contributed by atoms with van der Waals surface area (Å²) in [5.74, 6) is -1.52. The largest absolute Gasteiger partial charge is 0.465 e. The molecule has 0 heterocycles. The molecule has 1 atom stereocenters. The molecule has 0 radical (unpaired) electrons. The topological polar surface area (TPSA) is 229 Å². The second kappa shape index (κ2) is 60.4. The van der Waals surface area contributed by atoms with Crippen LogP contribution < -0.4 is 0 Å². The number of carbonyl (C=O) groups is 8. The van der Waals surface area contributed by atoms with Gasteiger partial charge in [-0.3, -0.25) is 38.4 Å². The van der Waals surface area contributed by atoms with Crippen LogP contribution in [0.25, 0.3) is 0 Å². The van der Waals surface area contributed by atoms with Crippen molar-refractivity contribution in [3.63, 3.8) is 0 Å². The van der Waals surface area contributed by atoms with Crippen LogP contribution in [-0.4, -0.2) is 127 Å².